The Hall–Kier alpha value is -0.560. The summed E-state index contributed by atoms with van der Waals surface area (Å²) in [5.74, 6) is 0. The van der Waals surface area contributed by atoms with Crippen molar-refractivity contribution in [2.45, 2.75) is 90.9 Å². The molecule has 1 heteroatoms. The number of rotatable bonds is 17. The maximum absolute atomic E-state index is 3.79. The first-order valence-electron chi connectivity index (χ1n) is 10.3. The van der Waals surface area contributed by atoms with Crippen LogP contribution in [0.1, 0.15) is 90.9 Å². The van der Waals surface area contributed by atoms with Gasteiger partial charge in [0.05, 0.1) is 26.7 Å². The second kappa shape index (κ2) is 16.3. The molecule has 0 saturated carbocycles. The Bertz CT molecular complexity index is 264. The minimum atomic E-state index is 1.16. The molecule has 0 aromatic carbocycles. The fraction of sp³-hybridized carbons (Fsp3) is 0.818. The quantitative estimate of drug-likeness (QED) is 0.155. The summed E-state index contributed by atoms with van der Waals surface area (Å²) in [5, 5.41) is 0. The minimum absolute atomic E-state index is 1.16. The Labute approximate surface area is 147 Å². The van der Waals surface area contributed by atoms with Crippen LogP contribution in [0.15, 0.2) is 24.8 Å². The number of allylic oxidation sites excluding steroid dienone is 2. The van der Waals surface area contributed by atoms with Crippen molar-refractivity contribution in [1.29, 1.82) is 0 Å². The van der Waals surface area contributed by atoms with E-state index in [-0.39, 0.29) is 0 Å². The van der Waals surface area contributed by atoms with Crippen molar-refractivity contribution in [3.8, 4) is 0 Å². The van der Waals surface area contributed by atoms with Crippen molar-refractivity contribution in [2.75, 3.05) is 26.7 Å². The van der Waals surface area contributed by atoms with Crippen molar-refractivity contribution < 1.29 is 4.48 Å². The molecule has 0 aliphatic heterocycles. The zero-order chi connectivity index (χ0) is 17.2. The van der Waals surface area contributed by atoms with Gasteiger partial charge in [-0.25, -0.2) is 0 Å². The van der Waals surface area contributed by atoms with Gasteiger partial charge in [0.2, 0.25) is 0 Å². The summed E-state index contributed by atoms with van der Waals surface area (Å²) < 4.78 is 1.21. The molecular formula is C22H44N+. The van der Waals surface area contributed by atoms with Crippen LogP contribution < -0.4 is 0 Å². The molecule has 0 aliphatic rings. The maximum Gasteiger partial charge on any atom is 0.0974 e. The molecule has 0 spiro atoms. The highest BCUT2D eigenvalue weighted by molar-refractivity contribution is 4.97. The van der Waals surface area contributed by atoms with Gasteiger partial charge in [0.25, 0.3) is 0 Å². The van der Waals surface area contributed by atoms with Crippen molar-refractivity contribution in [1.82, 2.24) is 0 Å². The molecular weight excluding hydrogens is 278 g/mol. The molecule has 0 saturated heterocycles. The third kappa shape index (κ3) is 14.7. The third-order valence-electron chi connectivity index (χ3n) is 4.92. The first-order chi connectivity index (χ1) is 11.2. The van der Waals surface area contributed by atoms with Crippen molar-refractivity contribution in [3.63, 3.8) is 0 Å². The number of nitrogens with zero attached hydrogens (tertiary/aromatic N) is 1. The number of hydrogen-bond donors (Lipinski definition) is 0. The average Bonchev–Trinajstić information content (AvgIpc) is 2.54. The maximum atomic E-state index is 3.79. The molecule has 0 radical (unpaired) electrons. The monoisotopic (exact) mass is 322 g/mol. The summed E-state index contributed by atoms with van der Waals surface area (Å²) in [6.07, 6.45) is 23.1. The number of quaternary nitrogens is 1. The number of unbranched alkanes of at least 4 members (excludes halogenated alkanes) is 10. The highest BCUT2D eigenvalue weighted by Gasteiger charge is 2.18. The molecule has 0 aliphatic carbocycles. The van der Waals surface area contributed by atoms with Gasteiger partial charge in [0.15, 0.2) is 0 Å². The van der Waals surface area contributed by atoms with Crippen molar-refractivity contribution >= 4 is 0 Å². The predicted octanol–water partition coefficient (Wildman–Crippen LogP) is 6.90. The molecule has 1 nitrogen and oxygen atoms in total. The van der Waals surface area contributed by atoms with E-state index in [1.165, 1.54) is 94.6 Å². The summed E-state index contributed by atoms with van der Waals surface area (Å²) in [4.78, 5) is 0. The highest BCUT2D eigenvalue weighted by atomic mass is 15.3. The number of likely N-dealkylation sites (N-methyl/N-ethyl adjacent to an activating group) is 1. The van der Waals surface area contributed by atoms with Gasteiger partial charge < -0.3 is 4.48 Å². The molecule has 23 heavy (non-hydrogen) atoms. The molecule has 0 fully saturated rings. The standard InChI is InChI=1S/C22H44N/c1-5-8-11-13-15-18-21-23(4,20-17-10-7-3)22-19-16-14-12-9-6-2/h7,10,17H,3,5-6,8-9,11-16,18-22H2,1-2,4H3/q+1. The third-order valence-corrected chi connectivity index (χ3v) is 4.92. The summed E-state index contributed by atoms with van der Waals surface area (Å²) in [6.45, 7) is 12.2. The highest BCUT2D eigenvalue weighted by Crippen LogP contribution is 2.13. The lowest BCUT2D eigenvalue weighted by Gasteiger charge is -2.34. The second-order valence-corrected chi connectivity index (χ2v) is 7.45. The fourth-order valence-electron chi connectivity index (χ4n) is 3.25. The van der Waals surface area contributed by atoms with E-state index in [0.29, 0.717) is 0 Å². The van der Waals surface area contributed by atoms with Crippen LogP contribution in [0.3, 0.4) is 0 Å². The summed E-state index contributed by atoms with van der Waals surface area (Å²) in [5.41, 5.74) is 0. The molecule has 0 rings (SSSR count). The van der Waals surface area contributed by atoms with Gasteiger partial charge in [-0.1, -0.05) is 83.9 Å². The fourth-order valence-corrected chi connectivity index (χ4v) is 3.25. The lowest BCUT2D eigenvalue weighted by Crippen LogP contribution is -2.45. The largest absolute Gasteiger partial charge is 0.323 e. The van der Waals surface area contributed by atoms with Gasteiger partial charge in [-0.15, -0.1) is 0 Å². The molecule has 0 amide bonds. The van der Waals surface area contributed by atoms with Crippen LogP contribution in [0.4, 0.5) is 0 Å². The Morgan fingerprint density at radius 1 is 0.696 bits per heavy atom. The molecule has 0 aromatic rings. The Morgan fingerprint density at radius 3 is 1.57 bits per heavy atom. The Balaban J connectivity index is 4.02. The Morgan fingerprint density at radius 2 is 1.13 bits per heavy atom. The minimum Gasteiger partial charge on any atom is -0.323 e. The van der Waals surface area contributed by atoms with Gasteiger partial charge in [-0.05, 0) is 31.8 Å². The van der Waals surface area contributed by atoms with Crippen LogP contribution in [0.5, 0.6) is 0 Å². The van der Waals surface area contributed by atoms with E-state index in [4.69, 9.17) is 0 Å². The van der Waals surface area contributed by atoms with Crippen LogP contribution in [0.2, 0.25) is 0 Å². The van der Waals surface area contributed by atoms with E-state index in [1.807, 2.05) is 6.08 Å². The lowest BCUT2D eigenvalue weighted by atomic mass is 10.1. The molecule has 0 aromatic heterocycles. The Kier molecular flexibility index (Phi) is 15.9. The summed E-state index contributed by atoms with van der Waals surface area (Å²) in [7, 11) is 2.45. The van der Waals surface area contributed by atoms with Gasteiger partial charge in [-0.2, -0.15) is 0 Å². The second-order valence-electron chi connectivity index (χ2n) is 7.45. The molecule has 0 N–H and O–H groups in total. The molecule has 0 bridgehead atoms. The van der Waals surface area contributed by atoms with Crippen LogP contribution >= 0.6 is 0 Å². The molecule has 0 unspecified atom stereocenters. The SMILES string of the molecule is C=CC=CC[N+](C)(CCCCCCCC)CCCCCCCC. The van der Waals surface area contributed by atoms with Crippen LogP contribution in [-0.2, 0) is 0 Å². The summed E-state index contributed by atoms with van der Waals surface area (Å²) in [6, 6.07) is 0. The molecule has 136 valence electrons. The molecule has 0 heterocycles. The van der Waals surface area contributed by atoms with Gasteiger partial charge in [-0.3, -0.25) is 0 Å². The molecule has 0 atom stereocenters. The van der Waals surface area contributed by atoms with E-state index in [2.05, 4.69) is 39.6 Å². The lowest BCUT2D eigenvalue weighted by molar-refractivity contribution is -0.904. The topological polar surface area (TPSA) is 0 Å². The zero-order valence-electron chi connectivity index (χ0n) is 16.5. The zero-order valence-corrected chi connectivity index (χ0v) is 16.5. The van der Waals surface area contributed by atoms with Crippen LogP contribution in [0.25, 0.3) is 0 Å². The van der Waals surface area contributed by atoms with E-state index < -0.39 is 0 Å². The average molecular weight is 323 g/mol. The smallest absolute Gasteiger partial charge is 0.0974 e. The predicted molar refractivity (Wildman–Crippen MR) is 107 cm³/mol. The first-order valence-corrected chi connectivity index (χ1v) is 10.3. The first kappa shape index (κ1) is 22.4. The van der Waals surface area contributed by atoms with Crippen molar-refractivity contribution in [3.05, 3.63) is 24.8 Å². The van der Waals surface area contributed by atoms with E-state index in [1.54, 1.807) is 0 Å². The summed E-state index contributed by atoms with van der Waals surface area (Å²) >= 11 is 0. The van der Waals surface area contributed by atoms with E-state index in [0.717, 1.165) is 6.54 Å². The van der Waals surface area contributed by atoms with Gasteiger partial charge >= 0.3 is 0 Å². The van der Waals surface area contributed by atoms with Gasteiger partial charge in [0, 0.05) is 0 Å². The normalized spacial score (nSPS) is 12.1. The number of hydrogen-bond acceptors (Lipinski definition) is 0. The van der Waals surface area contributed by atoms with Crippen LogP contribution in [0, 0.1) is 0 Å². The van der Waals surface area contributed by atoms with E-state index >= 15 is 0 Å². The van der Waals surface area contributed by atoms with E-state index in [9.17, 15) is 0 Å². The van der Waals surface area contributed by atoms with Gasteiger partial charge in [0.1, 0.15) is 0 Å². The van der Waals surface area contributed by atoms with Crippen molar-refractivity contribution in [2.24, 2.45) is 0 Å². The van der Waals surface area contributed by atoms with Crippen LogP contribution in [-0.4, -0.2) is 31.2 Å².